The van der Waals surface area contributed by atoms with Gasteiger partial charge in [0.1, 0.15) is 12.2 Å². The lowest BCUT2D eigenvalue weighted by atomic mass is 10.2. The minimum atomic E-state index is -4.96. The van der Waals surface area contributed by atoms with Gasteiger partial charge in [-0.2, -0.15) is 0 Å². The van der Waals surface area contributed by atoms with Crippen LogP contribution in [0.15, 0.2) is 21.9 Å². The quantitative estimate of drug-likeness (QED) is 0.370. The van der Waals surface area contributed by atoms with E-state index in [4.69, 9.17) is 14.5 Å². The number of aliphatic hydroxyl groups is 2. The fraction of sp³-hybridized carbons (Fsp3) is 0.500. The van der Waals surface area contributed by atoms with E-state index in [1.54, 1.807) is 0 Å². The molecule has 0 amide bonds. The minimum absolute atomic E-state index is 0.678. The Morgan fingerprint density at radius 1 is 1.30 bits per heavy atom. The summed E-state index contributed by atoms with van der Waals surface area (Å²) in [5, 5.41) is 19.3. The van der Waals surface area contributed by atoms with Crippen molar-refractivity contribution in [3.05, 3.63) is 33.1 Å². The van der Waals surface area contributed by atoms with Gasteiger partial charge in [-0.15, -0.1) is 0 Å². The number of phosphoric acid groups is 1. The third-order valence-corrected chi connectivity index (χ3v) is 3.04. The van der Waals surface area contributed by atoms with Gasteiger partial charge in [-0.3, -0.25) is 18.9 Å². The van der Waals surface area contributed by atoms with E-state index in [1.807, 2.05) is 4.98 Å². The van der Waals surface area contributed by atoms with Gasteiger partial charge in [0.05, 0.1) is 0 Å². The van der Waals surface area contributed by atoms with Gasteiger partial charge >= 0.3 is 13.5 Å². The molecule has 1 saturated heterocycles. The molecule has 11 nitrogen and oxygen atoms in total. The molecule has 1 fully saturated rings. The molecule has 0 saturated carbocycles. The molecule has 5 N–H and O–H groups in total. The second-order valence-corrected chi connectivity index (χ2v) is 5.18. The summed E-state index contributed by atoms with van der Waals surface area (Å²) in [5.74, 6) is 0. The average Bonchev–Trinajstić information content (AvgIpc) is 2.56. The molecular formula is C8H11N2O9P. The van der Waals surface area contributed by atoms with Crippen molar-refractivity contribution >= 4 is 7.82 Å². The number of hydrogen-bond donors (Lipinski definition) is 5. The Morgan fingerprint density at radius 3 is 2.50 bits per heavy atom. The van der Waals surface area contributed by atoms with E-state index < -0.39 is 43.8 Å². The van der Waals surface area contributed by atoms with Gasteiger partial charge in [0.25, 0.3) is 5.56 Å². The molecule has 1 aliphatic rings. The largest absolute Gasteiger partial charge is 0.472 e. The molecule has 2 heterocycles. The number of ether oxygens (including phenoxy) is 1. The van der Waals surface area contributed by atoms with E-state index in [1.165, 1.54) is 0 Å². The third kappa shape index (κ3) is 3.04. The number of aliphatic hydroxyl groups excluding tert-OH is 2. The zero-order valence-electron chi connectivity index (χ0n) is 9.69. The Kier molecular flexibility index (Phi) is 3.93. The summed E-state index contributed by atoms with van der Waals surface area (Å²) >= 11 is 0. The maximum atomic E-state index is 11.5. The molecule has 20 heavy (non-hydrogen) atoms. The number of phosphoric ester groups is 1. The number of H-pyrrole nitrogens is 1. The molecule has 1 aromatic heterocycles. The van der Waals surface area contributed by atoms with E-state index in [9.17, 15) is 24.4 Å². The Bertz CT molecular complexity index is 648. The maximum Gasteiger partial charge on any atom is 0.472 e. The Morgan fingerprint density at radius 2 is 1.95 bits per heavy atom. The van der Waals surface area contributed by atoms with Gasteiger partial charge in [0.2, 0.25) is 0 Å². The molecule has 0 spiro atoms. The summed E-state index contributed by atoms with van der Waals surface area (Å²) in [4.78, 5) is 41.6. The summed E-state index contributed by atoms with van der Waals surface area (Å²) in [6, 6.07) is 0.973. The molecule has 12 heteroatoms. The average molecular weight is 310 g/mol. The smallest absolute Gasteiger partial charge is 0.385 e. The van der Waals surface area contributed by atoms with Crippen molar-refractivity contribution in [3.8, 4) is 0 Å². The summed E-state index contributed by atoms with van der Waals surface area (Å²) in [6.45, 7) is 0. The summed E-state index contributed by atoms with van der Waals surface area (Å²) in [7, 11) is -4.96. The van der Waals surface area contributed by atoms with Gasteiger partial charge in [0, 0.05) is 12.3 Å². The molecule has 4 unspecified atom stereocenters. The van der Waals surface area contributed by atoms with E-state index in [0.717, 1.165) is 16.8 Å². The Balaban J connectivity index is 2.28. The van der Waals surface area contributed by atoms with Crippen molar-refractivity contribution in [2.75, 3.05) is 0 Å². The van der Waals surface area contributed by atoms with Crippen LogP contribution >= 0.6 is 7.82 Å². The monoisotopic (exact) mass is 310 g/mol. The highest BCUT2D eigenvalue weighted by Gasteiger charge is 2.47. The van der Waals surface area contributed by atoms with Crippen molar-refractivity contribution in [3.63, 3.8) is 0 Å². The molecule has 1 aliphatic heterocycles. The fourth-order valence-electron chi connectivity index (χ4n) is 1.71. The number of aromatic amines is 1. The predicted molar refractivity (Wildman–Crippen MR) is 60.4 cm³/mol. The first kappa shape index (κ1) is 15.1. The van der Waals surface area contributed by atoms with Crippen LogP contribution in [-0.2, 0) is 13.8 Å². The highest BCUT2D eigenvalue weighted by molar-refractivity contribution is 7.46. The lowest BCUT2D eigenvalue weighted by Crippen LogP contribution is -2.37. The van der Waals surface area contributed by atoms with Crippen molar-refractivity contribution in [1.82, 2.24) is 9.55 Å². The molecule has 0 bridgehead atoms. The zero-order valence-corrected chi connectivity index (χ0v) is 10.6. The van der Waals surface area contributed by atoms with Gasteiger partial charge in [-0.05, 0) is 0 Å². The predicted octanol–water partition coefficient (Wildman–Crippen LogP) is -2.78. The van der Waals surface area contributed by atoms with Crippen molar-refractivity contribution in [2.24, 2.45) is 0 Å². The Hall–Kier alpha value is -1.33. The number of hydrogen-bond acceptors (Lipinski definition) is 7. The van der Waals surface area contributed by atoms with Crippen LogP contribution in [-0.4, -0.2) is 48.0 Å². The Labute approximate surface area is 110 Å². The van der Waals surface area contributed by atoms with Crippen molar-refractivity contribution in [2.45, 2.75) is 24.7 Å². The first-order valence-electron chi connectivity index (χ1n) is 5.26. The van der Waals surface area contributed by atoms with Crippen LogP contribution in [0.2, 0.25) is 0 Å². The number of nitrogens with zero attached hydrogens (tertiary/aromatic N) is 1. The molecule has 0 radical (unpaired) electrons. The van der Waals surface area contributed by atoms with Gasteiger partial charge < -0.3 is 24.7 Å². The summed E-state index contributed by atoms with van der Waals surface area (Å²) in [5.41, 5.74) is -1.60. The van der Waals surface area contributed by atoms with Crippen molar-refractivity contribution < 1.29 is 33.8 Å². The van der Waals surface area contributed by atoms with Crippen LogP contribution in [0.4, 0.5) is 0 Å². The highest BCUT2D eigenvalue weighted by Crippen LogP contribution is 2.42. The standard InChI is InChI=1S/C8H11N2O9P/c11-3-1-2-10(8(14)9-3)6-4(12)5(13)7(18-6)19-20(15,16)17/h1-2,4-7,12-13H,(H,9,11,14)(H2,15,16,17). The molecular weight excluding hydrogens is 299 g/mol. The van der Waals surface area contributed by atoms with Gasteiger partial charge in [-0.25, -0.2) is 9.36 Å². The summed E-state index contributed by atoms with van der Waals surface area (Å²) in [6.07, 6.45) is -5.76. The molecule has 0 aliphatic carbocycles. The van der Waals surface area contributed by atoms with E-state index in [2.05, 4.69) is 4.52 Å². The maximum absolute atomic E-state index is 11.5. The number of aromatic nitrogens is 2. The van der Waals surface area contributed by atoms with E-state index in [0.29, 0.717) is 0 Å². The van der Waals surface area contributed by atoms with Crippen LogP contribution in [0.5, 0.6) is 0 Å². The molecule has 1 aromatic rings. The highest BCUT2D eigenvalue weighted by atomic mass is 31.2. The van der Waals surface area contributed by atoms with Gasteiger partial charge in [-0.1, -0.05) is 0 Å². The van der Waals surface area contributed by atoms with Crippen LogP contribution < -0.4 is 11.2 Å². The third-order valence-electron chi connectivity index (χ3n) is 2.56. The first-order valence-corrected chi connectivity index (χ1v) is 6.79. The lowest BCUT2D eigenvalue weighted by Gasteiger charge is -2.16. The van der Waals surface area contributed by atoms with Crippen LogP contribution in [0, 0.1) is 0 Å². The summed E-state index contributed by atoms with van der Waals surface area (Å²) < 4.78 is 20.5. The number of nitrogens with one attached hydrogen (secondary N) is 1. The van der Waals surface area contributed by atoms with Gasteiger partial charge in [0.15, 0.2) is 12.5 Å². The minimum Gasteiger partial charge on any atom is -0.385 e. The fourth-order valence-corrected chi connectivity index (χ4v) is 2.15. The molecule has 112 valence electrons. The zero-order chi connectivity index (χ0) is 15.1. The first-order chi connectivity index (χ1) is 9.19. The van der Waals surface area contributed by atoms with E-state index >= 15 is 0 Å². The SMILES string of the molecule is O=c1ccn(C2OC(OP(=O)(O)O)C(O)C2O)c(=O)[nH]1. The normalized spacial score (nSPS) is 30.6. The second-order valence-electron chi connectivity index (χ2n) is 3.99. The number of rotatable bonds is 3. The second kappa shape index (κ2) is 5.22. The van der Waals surface area contributed by atoms with Crippen LogP contribution in [0.1, 0.15) is 6.23 Å². The van der Waals surface area contributed by atoms with Crippen LogP contribution in [0.25, 0.3) is 0 Å². The lowest BCUT2D eigenvalue weighted by molar-refractivity contribution is -0.135. The molecule has 0 aromatic carbocycles. The molecule has 4 atom stereocenters. The van der Waals surface area contributed by atoms with E-state index in [-0.39, 0.29) is 0 Å². The topological polar surface area (TPSA) is 171 Å². The van der Waals surface area contributed by atoms with Crippen molar-refractivity contribution in [1.29, 1.82) is 0 Å². The molecule has 2 rings (SSSR count). The van der Waals surface area contributed by atoms with Crippen LogP contribution in [0.3, 0.4) is 0 Å².